The summed E-state index contributed by atoms with van der Waals surface area (Å²) in [5.41, 5.74) is 2.74. The zero-order valence-electron chi connectivity index (χ0n) is 11.5. The molecule has 0 aliphatic rings. The first kappa shape index (κ1) is 14.3. The lowest BCUT2D eigenvalue weighted by Crippen LogP contribution is -2.14. The van der Waals surface area contributed by atoms with Crippen molar-refractivity contribution in [3.8, 4) is 5.75 Å². The topological polar surface area (TPSA) is 51.2 Å². The molecule has 20 heavy (non-hydrogen) atoms. The second kappa shape index (κ2) is 5.92. The highest BCUT2D eigenvalue weighted by molar-refractivity contribution is 6.32. The number of anilines is 1. The van der Waals surface area contributed by atoms with E-state index in [1.165, 1.54) is 6.20 Å². The van der Waals surface area contributed by atoms with Crippen LogP contribution >= 0.6 is 11.6 Å². The molecule has 0 saturated carbocycles. The SMILES string of the molecule is COc1cc(C)c(Cl)c(C)c1NC(=O)c1cccnc1. The lowest BCUT2D eigenvalue weighted by molar-refractivity contribution is 0.102. The summed E-state index contributed by atoms with van der Waals surface area (Å²) in [5.74, 6) is 0.334. The van der Waals surface area contributed by atoms with Gasteiger partial charge in [-0.15, -0.1) is 0 Å². The van der Waals surface area contributed by atoms with Crippen LogP contribution in [0.3, 0.4) is 0 Å². The monoisotopic (exact) mass is 290 g/mol. The van der Waals surface area contributed by atoms with Crippen LogP contribution in [0.2, 0.25) is 5.02 Å². The third kappa shape index (κ3) is 2.75. The number of nitrogens with one attached hydrogen (secondary N) is 1. The number of carbonyl (C=O) groups is 1. The van der Waals surface area contributed by atoms with E-state index in [-0.39, 0.29) is 5.91 Å². The second-order valence-corrected chi connectivity index (χ2v) is 4.78. The van der Waals surface area contributed by atoms with Gasteiger partial charge in [0.05, 0.1) is 18.4 Å². The van der Waals surface area contributed by atoms with Crippen LogP contribution in [0.4, 0.5) is 5.69 Å². The van der Waals surface area contributed by atoms with Crippen LogP contribution in [0, 0.1) is 13.8 Å². The Labute approximate surface area is 122 Å². The minimum Gasteiger partial charge on any atom is -0.495 e. The number of benzene rings is 1. The van der Waals surface area contributed by atoms with E-state index in [9.17, 15) is 4.79 Å². The molecule has 0 atom stereocenters. The van der Waals surface area contributed by atoms with E-state index in [4.69, 9.17) is 16.3 Å². The molecular weight excluding hydrogens is 276 g/mol. The minimum absolute atomic E-state index is 0.251. The molecule has 1 N–H and O–H groups in total. The fourth-order valence-corrected chi connectivity index (χ4v) is 2.07. The maximum atomic E-state index is 12.2. The van der Waals surface area contributed by atoms with Gasteiger partial charge < -0.3 is 10.1 Å². The molecule has 1 amide bonds. The van der Waals surface area contributed by atoms with Crippen LogP contribution in [0.25, 0.3) is 0 Å². The Morgan fingerprint density at radius 2 is 2.15 bits per heavy atom. The summed E-state index contributed by atoms with van der Waals surface area (Å²) < 4.78 is 5.31. The number of nitrogens with zero attached hydrogens (tertiary/aromatic N) is 1. The Kier molecular flexibility index (Phi) is 4.25. The minimum atomic E-state index is -0.251. The van der Waals surface area contributed by atoms with Crippen LogP contribution in [-0.4, -0.2) is 18.0 Å². The first-order valence-electron chi connectivity index (χ1n) is 6.09. The van der Waals surface area contributed by atoms with Gasteiger partial charge in [-0.25, -0.2) is 0 Å². The third-order valence-electron chi connectivity index (χ3n) is 3.03. The predicted molar refractivity (Wildman–Crippen MR) is 79.7 cm³/mol. The zero-order valence-corrected chi connectivity index (χ0v) is 12.3. The quantitative estimate of drug-likeness (QED) is 0.939. The van der Waals surface area contributed by atoms with Crippen molar-refractivity contribution in [1.29, 1.82) is 0 Å². The summed E-state index contributed by atoms with van der Waals surface area (Å²) in [6.07, 6.45) is 3.12. The van der Waals surface area contributed by atoms with Crippen molar-refractivity contribution in [2.24, 2.45) is 0 Å². The largest absolute Gasteiger partial charge is 0.495 e. The van der Waals surface area contributed by atoms with Gasteiger partial charge in [-0.2, -0.15) is 0 Å². The smallest absolute Gasteiger partial charge is 0.257 e. The second-order valence-electron chi connectivity index (χ2n) is 4.41. The Hall–Kier alpha value is -2.07. The molecular formula is C15H15ClN2O2. The molecule has 0 radical (unpaired) electrons. The maximum absolute atomic E-state index is 12.2. The average Bonchev–Trinajstić information content (AvgIpc) is 2.48. The van der Waals surface area contributed by atoms with Crippen molar-refractivity contribution < 1.29 is 9.53 Å². The molecule has 2 aromatic rings. The average molecular weight is 291 g/mol. The zero-order chi connectivity index (χ0) is 14.7. The fraction of sp³-hybridized carbons (Fsp3) is 0.200. The van der Waals surface area contributed by atoms with Gasteiger partial charge in [0.15, 0.2) is 0 Å². The molecule has 2 rings (SSSR count). The molecule has 1 aromatic carbocycles. The first-order chi connectivity index (χ1) is 9.54. The Balaban J connectivity index is 2.39. The lowest BCUT2D eigenvalue weighted by Gasteiger charge is -2.15. The summed E-state index contributed by atoms with van der Waals surface area (Å²) in [4.78, 5) is 16.1. The molecule has 0 aliphatic carbocycles. The van der Waals surface area contributed by atoms with E-state index >= 15 is 0 Å². The van der Waals surface area contributed by atoms with E-state index in [1.54, 1.807) is 31.5 Å². The van der Waals surface area contributed by atoms with Gasteiger partial charge in [0.25, 0.3) is 5.91 Å². The highest BCUT2D eigenvalue weighted by atomic mass is 35.5. The van der Waals surface area contributed by atoms with Crippen LogP contribution < -0.4 is 10.1 Å². The van der Waals surface area contributed by atoms with Crippen molar-refractivity contribution in [2.75, 3.05) is 12.4 Å². The molecule has 0 bridgehead atoms. The van der Waals surface area contributed by atoms with Crippen LogP contribution in [-0.2, 0) is 0 Å². The summed E-state index contributed by atoms with van der Waals surface area (Å²) >= 11 is 6.22. The van der Waals surface area contributed by atoms with E-state index in [2.05, 4.69) is 10.3 Å². The number of halogens is 1. The standard InChI is InChI=1S/C15H15ClN2O2/c1-9-7-12(20-3)14(10(2)13(9)16)18-15(19)11-5-4-6-17-8-11/h4-8H,1-3H3,(H,18,19). The highest BCUT2D eigenvalue weighted by Gasteiger charge is 2.16. The van der Waals surface area contributed by atoms with Crippen LogP contribution in [0.1, 0.15) is 21.5 Å². The summed E-state index contributed by atoms with van der Waals surface area (Å²) in [5, 5.41) is 3.44. The van der Waals surface area contributed by atoms with E-state index in [0.717, 1.165) is 11.1 Å². The molecule has 1 heterocycles. The number of aromatic nitrogens is 1. The number of aryl methyl sites for hydroxylation is 1. The normalized spacial score (nSPS) is 10.2. The van der Waals surface area contributed by atoms with Gasteiger partial charge in [0, 0.05) is 17.4 Å². The van der Waals surface area contributed by atoms with Crippen molar-refractivity contribution in [3.63, 3.8) is 0 Å². The number of pyridine rings is 1. The van der Waals surface area contributed by atoms with Gasteiger partial charge in [-0.05, 0) is 43.2 Å². The number of rotatable bonds is 3. The van der Waals surface area contributed by atoms with E-state index in [1.807, 2.05) is 13.8 Å². The summed E-state index contributed by atoms with van der Waals surface area (Å²) in [6.45, 7) is 3.74. The maximum Gasteiger partial charge on any atom is 0.257 e. The molecule has 0 spiro atoms. The van der Waals surface area contributed by atoms with Gasteiger partial charge in [-0.3, -0.25) is 9.78 Å². The summed E-state index contributed by atoms with van der Waals surface area (Å²) in [7, 11) is 1.56. The number of ether oxygens (including phenoxy) is 1. The molecule has 0 saturated heterocycles. The van der Waals surface area contributed by atoms with Gasteiger partial charge in [-0.1, -0.05) is 11.6 Å². The van der Waals surface area contributed by atoms with Crippen LogP contribution in [0.5, 0.6) is 5.75 Å². The van der Waals surface area contributed by atoms with Gasteiger partial charge >= 0.3 is 0 Å². The molecule has 0 aliphatic heterocycles. The molecule has 1 aromatic heterocycles. The predicted octanol–water partition coefficient (Wildman–Crippen LogP) is 3.61. The number of carbonyl (C=O) groups excluding carboxylic acids is 1. The van der Waals surface area contributed by atoms with Crippen molar-refractivity contribution in [3.05, 3.63) is 52.3 Å². The highest BCUT2D eigenvalue weighted by Crippen LogP contribution is 2.36. The summed E-state index contributed by atoms with van der Waals surface area (Å²) in [6, 6.07) is 5.20. The number of hydrogen-bond donors (Lipinski definition) is 1. The van der Waals surface area contributed by atoms with Gasteiger partial charge in [0.1, 0.15) is 5.75 Å². The molecule has 5 heteroatoms. The van der Waals surface area contributed by atoms with Crippen molar-refractivity contribution >= 4 is 23.2 Å². The number of amides is 1. The van der Waals surface area contributed by atoms with Crippen LogP contribution in [0.15, 0.2) is 30.6 Å². The first-order valence-corrected chi connectivity index (χ1v) is 6.47. The van der Waals surface area contributed by atoms with E-state index < -0.39 is 0 Å². The molecule has 0 unspecified atom stereocenters. The Morgan fingerprint density at radius 1 is 1.40 bits per heavy atom. The number of hydrogen-bond acceptors (Lipinski definition) is 3. The third-order valence-corrected chi connectivity index (χ3v) is 3.61. The lowest BCUT2D eigenvalue weighted by atomic mass is 10.1. The van der Waals surface area contributed by atoms with Gasteiger partial charge in [0.2, 0.25) is 0 Å². The Morgan fingerprint density at radius 3 is 2.75 bits per heavy atom. The fourth-order valence-electron chi connectivity index (χ4n) is 1.92. The molecule has 0 fully saturated rings. The molecule has 4 nitrogen and oxygen atoms in total. The number of methoxy groups -OCH3 is 1. The molecule has 104 valence electrons. The van der Waals surface area contributed by atoms with Crippen molar-refractivity contribution in [2.45, 2.75) is 13.8 Å². The van der Waals surface area contributed by atoms with Crippen molar-refractivity contribution in [1.82, 2.24) is 4.98 Å². The Bertz CT molecular complexity index is 642. The van der Waals surface area contributed by atoms with E-state index in [0.29, 0.717) is 22.0 Å².